The molecule has 1 saturated heterocycles. The summed E-state index contributed by atoms with van der Waals surface area (Å²) in [4.78, 5) is 18.4. The summed E-state index contributed by atoms with van der Waals surface area (Å²) in [5, 5.41) is 0. The molecule has 1 amide bonds. The second-order valence-corrected chi connectivity index (χ2v) is 8.66. The Labute approximate surface area is 166 Å². The van der Waals surface area contributed by atoms with E-state index >= 15 is 0 Å². The predicted molar refractivity (Wildman–Crippen MR) is 101 cm³/mol. The number of carbonyl (C=O) groups excluding carboxylic acids is 1. The minimum atomic E-state index is -3.60. The van der Waals surface area contributed by atoms with Crippen LogP contribution in [0.15, 0.2) is 53.7 Å². The molecule has 10 heteroatoms. The van der Waals surface area contributed by atoms with Gasteiger partial charge < -0.3 is 9.47 Å². The number of nitrogens with zero attached hydrogens (tertiary/aromatic N) is 4. The Morgan fingerprint density at radius 3 is 2.34 bits per heavy atom. The van der Waals surface area contributed by atoms with Crippen molar-refractivity contribution in [2.75, 3.05) is 26.2 Å². The molecule has 0 bridgehead atoms. The van der Waals surface area contributed by atoms with Gasteiger partial charge in [0.15, 0.2) is 11.6 Å². The maximum absolute atomic E-state index is 13.5. The molecule has 152 valence electrons. The zero-order valence-electron chi connectivity index (χ0n) is 15.3. The molecule has 4 rings (SSSR count). The molecule has 0 unspecified atom stereocenters. The van der Waals surface area contributed by atoms with Gasteiger partial charge in [-0.1, -0.05) is 18.2 Å². The minimum absolute atomic E-state index is 0.0903. The molecule has 0 radical (unpaired) electrons. The van der Waals surface area contributed by atoms with Gasteiger partial charge in [-0.2, -0.15) is 4.31 Å². The van der Waals surface area contributed by atoms with E-state index in [4.69, 9.17) is 0 Å². The van der Waals surface area contributed by atoms with Gasteiger partial charge in [-0.3, -0.25) is 4.79 Å². The number of benzene rings is 2. The first kappa shape index (κ1) is 19.5. The number of fused-ring (bicyclic) bond motifs is 1. The first-order valence-corrected chi connectivity index (χ1v) is 10.4. The average Bonchev–Trinajstić information content (AvgIpc) is 3.10. The van der Waals surface area contributed by atoms with Crippen LogP contribution in [0.5, 0.6) is 0 Å². The van der Waals surface area contributed by atoms with E-state index in [9.17, 15) is 22.0 Å². The monoisotopic (exact) mass is 420 g/mol. The largest absolute Gasteiger partial charge is 0.339 e. The van der Waals surface area contributed by atoms with Gasteiger partial charge >= 0.3 is 0 Å². The molecule has 1 fully saturated rings. The number of halogens is 2. The van der Waals surface area contributed by atoms with Crippen molar-refractivity contribution in [2.45, 2.75) is 11.4 Å². The molecular formula is C19H18F2N4O3S. The van der Waals surface area contributed by atoms with Gasteiger partial charge in [0.2, 0.25) is 15.9 Å². The molecule has 1 aliphatic rings. The predicted octanol–water partition coefficient (Wildman–Crippen LogP) is 1.85. The highest BCUT2D eigenvalue weighted by molar-refractivity contribution is 7.89. The molecule has 7 nitrogen and oxygen atoms in total. The van der Waals surface area contributed by atoms with Crippen LogP contribution >= 0.6 is 0 Å². The van der Waals surface area contributed by atoms with Crippen LogP contribution in [0, 0.1) is 11.6 Å². The van der Waals surface area contributed by atoms with E-state index in [1.54, 1.807) is 35.2 Å². The highest BCUT2D eigenvalue weighted by Crippen LogP contribution is 2.19. The molecule has 1 aliphatic heterocycles. The van der Waals surface area contributed by atoms with Crippen molar-refractivity contribution in [3.63, 3.8) is 0 Å². The molecule has 1 aromatic heterocycles. The lowest BCUT2D eigenvalue weighted by Crippen LogP contribution is -2.51. The second-order valence-electron chi connectivity index (χ2n) is 6.73. The summed E-state index contributed by atoms with van der Waals surface area (Å²) in [6.45, 7) is 0.787. The van der Waals surface area contributed by atoms with E-state index < -0.39 is 21.7 Å². The van der Waals surface area contributed by atoms with E-state index in [0.29, 0.717) is 5.52 Å². The number of sulfonamides is 1. The zero-order valence-corrected chi connectivity index (χ0v) is 16.1. The standard InChI is InChI=1S/C19H18F2N4O3S/c20-15-10-17-18(11-16(15)21)24(13-22-17)12-19(26)23-6-8-25(9-7-23)29(27,28)14-4-2-1-3-5-14/h1-5,10-11,13H,6-9,12H2. The Morgan fingerprint density at radius 1 is 1.00 bits per heavy atom. The molecule has 29 heavy (non-hydrogen) atoms. The molecule has 3 aromatic rings. The normalized spacial score (nSPS) is 15.7. The van der Waals surface area contributed by atoms with E-state index in [1.807, 2.05) is 0 Å². The fourth-order valence-corrected chi connectivity index (χ4v) is 4.79. The maximum Gasteiger partial charge on any atom is 0.243 e. The van der Waals surface area contributed by atoms with Crippen LogP contribution in [0.2, 0.25) is 0 Å². The number of amides is 1. The third-order valence-electron chi connectivity index (χ3n) is 4.94. The van der Waals surface area contributed by atoms with Crippen molar-refractivity contribution in [1.29, 1.82) is 0 Å². The lowest BCUT2D eigenvalue weighted by Gasteiger charge is -2.34. The third-order valence-corrected chi connectivity index (χ3v) is 6.85. The Hall–Kier alpha value is -2.85. The van der Waals surface area contributed by atoms with Crippen molar-refractivity contribution in [3.8, 4) is 0 Å². The summed E-state index contributed by atoms with van der Waals surface area (Å²) < 4.78 is 55.0. The highest BCUT2D eigenvalue weighted by atomic mass is 32.2. The molecule has 2 heterocycles. The summed E-state index contributed by atoms with van der Waals surface area (Å²) in [7, 11) is -3.60. The van der Waals surface area contributed by atoms with Crippen LogP contribution < -0.4 is 0 Å². The molecule has 0 aliphatic carbocycles. The average molecular weight is 420 g/mol. The van der Waals surface area contributed by atoms with E-state index in [0.717, 1.165) is 12.1 Å². The van der Waals surface area contributed by atoms with Gasteiger partial charge in [-0.15, -0.1) is 0 Å². The number of piperazine rings is 1. The lowest BCUT2D eigenvalue weighted by molar-refractivity contribution is -0.132. The summed E-state index contributed by atoms with van der Waals surface area (Å²) in [5.41, 5.74) is 0.581. The van der Waals surface area contributed by atoms with Crippen molar-refractivity contribution >= 4 is 27.0 Å². The second kappa shape index (κ2) is 7.53. The summed E-state index contributed by atoms with van der Waals surface area (Å²) in [6.07, 6.45) is 1.36. The summed E-state index contributed by atoms with van der Waals surface area (Å²) in [6, 6.07) is 10.1. The van der Waals surface area contributed by atoms with Crippen LogP contribution in [0.25, 0.3) is 11.0 Å². The van der Waals surface area contributed by atoms with E-state index in [2.05, 4.69) is 4.98 Å². The number of hydrogen-bond donors (Lipinski definition) is 0. The Morgan fingerprint density at radius 2 is 1.66 bits per heavy atom. The number of imidazole rings is 1. The molecule has 0 atom stereocenters. The van der Waals surface area contributed by atoms with Gasteiger partial charge in [0.25, 0.3) is 0 Å². The van der Waals surface area contributed by atoms with Gasteiger partial charge in [-0.05, 0) is 12.1 Å². The molecule has 0 spiro atoms. The van der Waals surface area contributed by atoms with Gasteiger partial charge in [0.1, 0.15) is 6.54 Å². The lowest BCUT2D eigenvalue weighted by atomic mass is 10.3. The number of aromatic nitrogens is 2. The van der Waals surface area contributed by atoms with Crippen molar-refractivity contribution in [3.05, 3.63) is 60.4 Å². The number of rotatable bonds is 4. The van der Waals surface area contributed by atoms with Crippen molar-refractivity contribution in [2.24, 2.45) is 0 Å². The van der Waals surface area contributed by atoms with Crippen LogP contribution in [0.3, 0.4) is 0 Å². The van der Waals surface area contributed by atoms with E-state index in [-0.39, 0.29) is 49.0 Å². The first-order chi connectivity index (χ1) is 13.9. The smallest absolute Gasteiger partial charge is 0.243 e. The highest BCUT2D eigenvalue weighted by Gasteiger charge is 2.30. The maximum atomic E-state index is 13.5. The molecule has 0 saturated carbocycles. The van der Waals surface area contributed by atoms with Crippen molar-refractivity contribution in [1.82, 2.24) is 18.8 Å². The number of carbonyl (C=O) groups is 1. The van der Waals surface area contributed by atoms with E-state index in [1.165, 1.54) is 15.2 Å². The van der Waals surface area contributed by atoms with Gasteiger partial charge in [0, 0.05) is 38.3 Å². The fraction of sp³-hybridized carbons (Fsp3) is 0.263. The van der Waals surface area contributed by atoms with Gasteiger partial charge in [0.05, 0.1) is 22.3 Å². The van der Waals surface area contributed by atoms with Crippen LogP contribution in [-0.2, 0) is 21.4 Å². The molecular weight excluding hydrogens is 402 g/mol. The Bertz CT molecular complexity index is 1160. The van der Waals surface area contributed by atoms with Crippen molar-refractivity contribution < 1.29 is 22.0 Å². The Balaban J connectivity index is 1.43. The molecule has 2 aromatic carbocycles. The van der Waals surface area contributed by atoms with Gasteiger partial charge in [-0.25, -0.2) is 22.2 Å². The first-order valence-electron chi connectivity index (χ1n) is 8.99. The molecule has 0 N–H and O–H groups in total. The number of hydrogen-bond acceptors (Lipinski definition) is 4. The van der Waals surface area contributed by atoms with Crippen LogP contribution in [0.4, 0.5) is 8.78 Å². The topological polar surface area (TPSA) is 75.5 Å². The fourth-order valence-electron chi connectivity index (χ4n) is 3.34. The summed E-state index contributed by atoms with van der Waals surface area (Å²) in [5.74, 6) is -2.25. The SMILES string of the molecule is O=C(Cn1cnc2cc(F)c(F)cc21)N1CCN(S(=O)(=O)c2ccccc2)CC1. The third kappa shape index (κ3) is 3.73. The Kier molecular flexibility index (Phi) is 5.05. The zero-order chi connectivity index (χ0) is 20.6. The summed E-state index contributed by atoms with van der Waals surface area (Å²) >= 11 is 0. The van der Waals surface area contributed by atoms with Crippen LogP contribution in [-0.4, -0.2) is 59.3 Å². The minimum Gasteiger partial charge on any atom is -0.339 e. The van der Waals surface area contributed by atoms with Crippen LogP contribution in [0.1, 0.15) is 0 Å². The quantitative estimate of drug-likeness (QED) is 0.646.